The van der Waals surface area contributed by atoms with Gasteiger partial charge in [0.15, 0.2) is 0 Å². The Morgan fingerprint density at radius 3 is 2.70 bits per heavy atom. The van der Waals surface area contributed by atoms with Crippen molar-refractivity contribution in [3.8, 4) is 0 Å². The van der Waals surface area contributed by atoms with Crippen molar-refractivity contribution in [2.75, 3.05) is 6.61 Å². The molecule has 0 unspecified atom stereocenters. The Balaban J connectivity index is 2.41. The van der Waals surface area contributed by atoms with Crippen molar-refractivity contribution in [3.63, 3.8) is 0 Å². The van der Waals surface area contributed by atoms with E-state index in [4.69, 9.17) is 4.74 Å². The minimum absolute atomic E-state index is 0.0315. The normalized spacial score (nSPS) is 10.8. The van der Waals surface area contributed by atoms with E-state index < -0.39 is 5.97 Å². The molecule has 2 aromatic rings. The fraction of sp³-hybridized carbons (Fsp3) is 0.462. The fourth-order valence-electron chi connectivity index (χ4n) is 1.95. The molecule has 0 aliphatic rings. The second-order valence-corrected chi connectivity index (χ2v) is 5.61. The lowest BCUT2D eigenvalue weighted by molar-refractivity contribution is 0.0524. The van der Waals surface area contributed by atoms with Crippen LogP contribution in [0.5, 0.6) is 0 Å². The van der Waals surface area contributed by atoms with Gasteiger partial charge in [0.25, 0.3) is 0 Å². The molecule has 0 radical (unpaired) electrons. The van der Waals surface area contributed by atoms with Crippen LogP contribution in [0, 0.1) is 13.8 Å². The number of nitrogens with zero attached hydrogens (tertiary/aromatic N) is 3. The zero-order chi connectivity index (χ0) is 14.9. The summed E-state index contributed by atoms with van der Waals surface area (Å²) in [5, 5.41) is 4.09. The van der Waals surface area contributed by atoms with E-state index in [1.54, 1.807) is 23.2 Å². The van der Waals surface area contributed by atoms with Crippen molar-refractivity contribution < 1.29 is 9.53 Å². The number of aryl methyl sites for hydroxylation is 2. The molecular weight excluding hydrogens is 278 g/mol. The van der Waals surface area contributed by atoms with Gasteiger partial charge in [-0.2, -0.15) is 5.10 Å². The van der Waals surface area contributed by atoms with Crippen LogP contribution in [0.1, 0.15) is 33.5 Å². The van der Waals surface area contributed by atoms with Gasteiger partial charge in [-0.3, -0.25) is 14.0 Å². The number of hydrogen-bond donors (Lipinski definition) is 0. The number of hydrogen-bond acceptors (Lipinski definition) is 5. The summed E-state index contributed by atoms with van der Waals surface area (Å²) in [5.74, 6) is -0.409. The van der Waals surface area contributed by atoms with Crippen molar-refractivity contribution in [2.24, 2.45) is 7.05 Å². The number of carbonyl (C=O) groups excluding carboxylic acids is 1. The highest BCUT2D eigenvalue weighted by Crippen LogP contribution is 2.15. The number of carbonyl (C=O) groups is 1. The van der Waals surface area contributed by atoms with E-state index in [-0.39, 0.29) is 4.87 Å². The van der Waals surface area contributed by atoms with Crippen LogP contribution in [0.4, 0.5) is 0 Å². The molecule has 0 fully saturated rings. The lowest BCUT2D eigenvalue weighted by Gasteiger charge is -2.08. The van der Waals surface area contributed by atoms with E-state index in [2.05, 4.69) is 5.10 Å². The van der Waals surface area contributed by atoms with E-state index in [1.807, 2.05) is 13.8 Å². The highest BCUT2D eigenvalue weighted by molar-refractivity contribution is 7.09. The predicted molar refractivity (Wildman–Crippen MR) is 76.3 cm³/mol. The van der Waals surface area contributed by atoms with E-state index in [0.717, 1.165) is 10.6 Å². The monoisotopic (exact) mass is 295 g/mol. The summed E-state index contributed by atoms with van der Waals surface area (Å²) in [4.78, 5) is 24.8. The smallest absolute Gasteiger partial charge is 0.341 e. The van der Waals surface area contributed by atoms with Gasteiger partial charge in [-0.15, -0.1) is 0 Å². The van der Waals surface area contributed by atoms with Gasteiger partial charge in [-0.25, -0.2) is 4.79 Å². The molecule has 0 aliphatic heterocycles. The topological polar surface area (TPSA) is 66.1 Å². The Morgan fingerprint density at radius 2 is 2.15 bits per heavy atom. The van der Waals surface area contributed by atoms with E-state index in [0.29, 0.717) is 24.4 Å². The van der Waals surface area contributed by atoms with Gasteiger partial charge in [-0.1, -0.05) is 11.3 Å². The largest absolute Gasteiger partial charge is 0.462 e. The minimum atomic E-state index is -0.409. The van der Waals surface area contributed by atoms with Crippen LogP contribution in [-0.4, -0.2) is 26.9 Å². The lowest BCUT2D eigenvalue weighted by Crippen LogP contribution is -2.19. The molecule has 6 nitrogen and oxygen atoms in total. The van der Waals surface area contributed by atoms with Gasteiger partial charge < -0.3 is 4.74 Å². The van der Waals surface area contributed by atoms with Gasteiger partial charge in [0.2, 0.25) is 0 Å². The van der Waals surface area contributed by atoms with Gasteiger partial charge in [0.1, 0.15) is 5.56 Å². The van der Waals surface area contributed by atoms with E-state index >= 15 is 0 Å². The Labute approximate surface area is 120 Å². The lowest BCUT2D eigenvalue weighted by atomic mass is 10.2. The van der Waals surface area contributed by atoms with Crippen molar-refractivity contribution in [1.29, 1.82) is 0 Å². The Hall–Kier alpha value is -1.89. The third kappa shape index (κ3) is 2.53. The summed E-state index contributed by atoms with van der Waals surface area (Å²) < 4.78 is 8.26. The van der Waals surface area contributed by atoms with Gasteiger partial charge in [0.05, 0.1) is 25.0 Å². The molecule has 20 heavy (non-hydrogen) atoms. The van der Waals surface area contributed by atoms with Crippen molar-refractivity contribution >= 4 is 17.3 Å². The maximum absolute atomic E-state index is 11.9. The molecular formula is C13H17N3O3S. The van der Waals surface area contributed by atoms with Crippen LogP contribution in [0.25, 0.3) is 0 Å². The number of ether oxygens (including phenoxy) is 1. The molecule has 0 N–H and O–H groups in total. The van der Waals surface area contributed by atoms with Crippen LogP contribution in [0.2, 0.25) is 0 Å². The molecule has 0 aromatic carbocycles. The van der Waals surface area contributed by atoms with Crippen molar-refractivity contribution in [1.82, 2.24) is 14.3 Å². The molecule has 108 valence electrons. The number of aromatic nitrogens is 3. The SMILES string of the molecule is CCOC(=O)c1cnn(C)c1Cn1c(C)c(C)sc1=O. The summed E-state index contributed by atoms with van der Waals surface area (Å²) in [5.41, 5.74) is 1.99. The standard InChI is InChI=1S/C13H17N3O3S/c1-5-19-12(17)10-6-14-15(4)11(10)7-16-8(2)9(3)20-13(16)18/h6H,5,7H2,1-4H3. The quantitative estimate of drug-likeness (QED) is 0.801. The van der Waals surface area contributed by atoms with Crippen molar-refractivity contribution in [3.05, 3.63) is 37.7 Å². The van der Waals surface area contributed by atoms with Gasteiger partial charge in [0, 0.05) is 17.6 Å². The Kier molecular flexibility index (Phi) is 4.08. The highest BCUT2D eigenvalue weighted by Gasteiger charge is 2.19. The first kappa shape index (κ1) is 14.5. The predicted octanol–water partition coefficient (Wildman–Crippen LogP) is 1.49. The molecule has 2 heterocycles. The molecule has 0 saturated carbocycles. The van der Waals surface area contributed by atoms with Gasteiger partial charge in [-0.05, 0) is 20.8 Å². The third-order valence-corrected chi connectivity index (χ3v) is 4.24. The average molecular weight is 295 g/mol. The summed E-state index contributed by atoms with van der Waals surface area (Å²) in [6.07, 6.45) is 1.48. The van der Waals surface area contributed by atoms with Gasteiger partial charge >= 0.3 is 10.8 Å². The fourth-order valence-corrected chi connectivity index (χ4v) is 2.78. The van der Waals surface area contributed by atoms with E-state index in [1.165, 1.54) is 17.5 Å². The zero-order valence-corrected chi connectivity index (χ0v) is 12.8. The number of thiazole rings is 1. The summed E-state index contributed by atoms with van der Waals surface area (Å²) in [6, 6.07) is 0. The molecule has 0 aliphatic carbocycles. The van der Waals surface area contributed by atoms with Crippen LogP contribution in [0.3, 0.4) is 0 Å². The highest BCUT2D eigenvalue weighted by atomic mass is 32.1. The number of esters is 1. The first-order valence-corrected chi connectivity index (χ1v) is 7.12. The van der Waals surface area contributed by atoms with Crippen LogP contribution < -0.4 is 4.87 Å². The Morgan fingerprint density at radius 1 is 1.45 bits per heavy atom. The zero-order valence-electron chi connectivity index (χ0n) is 12.0. The molecule has 0 atom stereocenters. The third-order valence-electron chi connectivity index (χ3n) is 3.24. The summed E-state index contributed by atoms with van der Waals surface area (Å²) in [7, 11) is 1.75. The average Bonchev–Trinajstić information content (AvgIpc) is 2.86. The van der Waals surface area contributed by atoms with Crippen LogP contribution in [-0.2, 0) is 18.3 Å². The maximum Gasteiger partial charge on any atom is 0.341 e. The van der Waals surface area contributed by atoms with Crippen LogP contribution >= 0.6 is 11.3 Å². The second kappa shape index (κ2) is 5.62. The van der Waals surface area contributed by atoms with E-state index in [9.17, 15) is 9.59 Å². The molecule has 2 rings (SSSR count). The van der Waals surface area contributed by atoms with Crippen LogP contribution in [0.15, 0.2) is 11.0 Å². The maximum atomic E-state index is 11.9. The molecule has 0 amide bonds. The molecule has 0 spiro atoms. The minimum Gasteiger partial charge on any atom is -0.462 e. The number of rotatable bonds is 4. The molecule has 0 bridgehead atoms. The summed E-state index contributed by atoms with van der Waals surface area (Å²) >= 11 is 1.21. The molecule has 2 aromatic heterocycles. The first-order valence-electron chi connectivity index (χ1n) is 6.30. The molecule has 0 saturated heterocycles. The van der Waals surface area contributed by atoms with Crippen molar-refractivity contribution in [2.45, 2.75) is 27.3 Å². The second-order valence-electron chi connectivity index (χ2n) is 4.44. The summed E-state index contributed by atoms with van der Waals surface area (Å²) in [6.45, 7) is 6.19. The first-order chi connectivity index (χ1) is 9.45. The Bertz CT molecular complexity index is 696. The molecule has 7 heteroatoms.